The van der Waals surface area contributed by atoms with Crippen molar-refractivity contribution in [2.45, 2.75) is 13.5 Å². The molecule has 5 nitrogen and oxygen atoms in total. The Hall–Kier alpha value is -2.17. The van der Waals surface area contributed by atoms with E-state index in [0.29, 0.717) is 12.2 Å². The molecule has 0 saturated carbocycles. The molecule has 0 unspecified atom stereocenters. The molecular weight excluding hydrogens is 204 g/mol. The van der Waals surface area contributed by atoms with Gasteiger partial charge in [0, 0.05) is 11.8 Å². The van der Waals surface area contributed by atoms with Gasteiger partial charge in [-0.1, -0.05) is 6.07 Å². The number of aryl methyl sites for hydroxylation is 1. The van der Waals surface area contributed by atoms with Crippen molar-refractivity contribution in [1.29, 1.82) is 0 Å². The minimum absolute atomic E-state index is 0.219. The van der Waals surface area contributed by atoms with Crippen LogP contribution in [0.4, 0.5) is 5.69 Å². The lowest BCUT2D eigenvalue weighted by molar-refractivity contribution is 0.628. The number of anilines is 1. The second-order valence-corrected chi connectivity index (χ2v) is 3.56. The van der Waals surface area contributed by atoms with Crippen LogP contribution in [0.5, 0.6) is 0 Å². The van der Waals surface area contributed by atoms with Crippen LogP contribution in [-0.4, -0.2) is 14.8 Å². The topological polar surface area (TPSA) is 73.8 Å². The Balaban J connectivity index is 2.31. The molecule has 0 atom stereocenters. The van der Waals surface area contributed by atoms with Gasteiger partial charge in [0.15, 0.2) is 0 Å². The molecule has 2 rings (SSSR count). The first-order valence-corrected chi connectivity index (χ1v) is 4.90. The number of nitrogens with zero attached hydrogens (tertiary/aromatic N) is 3. The second kappa shape index (κ2) is 4.14. The summed E-state index contributed by atoms with van der Waals surface area (Å²) < 4.78 is 1.33. The van der Waals surface area contributed by atoms with Crippen molar-refractivity contribution in [3.63, 3.8) is 0 Å². The number of pyridine rings is 1. The molecule has 0 aliphatic carbocycles. The molecule has 2 heterocycles. The Morgan fingerprint density at radius 1 is 1.44 bits per heavy atom. The van der Waals surface area contributed by atoms with Crippen LogP contribution in [0.15, 0.2) is 35.3 Å². The third-order valence-electron chi connectivity index (χ3n) is 2.15. The van der Waals surface area contributed by atoms with Crippen LogP contribution in [0.25, 0.3) is 0 Å². The number of nitrogens with two attached hydrogens (primary N) is 1. The largest absolute Gasteiger partial charge is 0.397 e. The molecule has 82 valence electrons. The van der Waals surface area contributed by atoms with Gasteiger partial charge in [-0.15, -0.1) is 0 Å². The quantitative estimate of drug-likeness (QED) is 0.796. The highest BCUT2D eigenvalue weighted by Gasteiger charge is 2.00. The molecule has 0 aliphatic heterocycles. The van der Waals surface area contributed by atoms with Gasteiger partial charge < -0.3 is 5.73 Å². The van der Waals surface area contributed by atoms with Crippen molar-refractivity contribution >= 4 is 5.69 Å². The van der Waals surface area contributed by atoms with E-state index in [1.807, 2.05) is 25.1 Å². The lowest BCUT2D eigenvalue weighted by Gasteiger charge is -2.04. The van der Waals surface area contributed by atoms with Crippen LogP contribution in [0.2, 0.25) is 0 Å². The molecule has 2 N–H and O–H groups in total. The monoisotopic (exact) mass is 216 g/mol. The van der Waals surface area contributed by atoms with Crippen molar-refractivity contribution in [2.24, 2.45) is 0 Å². The second-order valence-electron chi connectivity index (χ2n) is 3.56. The fourth-order valence-corrected chi connectivity index (χ4v) is 1.41. The summed E-state index contributed by atoms with van der Waals surface area (Å²) in [6.45, 7) is 2.27. The highest BCUT2D eigenvalue weighted by molar-refractivity contribution is 5.31. The van der Waals surface area contributed by atoms with Crippen molar-refractivity contribution in [1.82, 2.24) is 14.8 Å². The zero-order valence-electron chi connectivity index (χ0n) is 8.92. The molecule has 0 aliphatic rings. The molecule has 0 aromatic carbocycles. The van der Waals surface area contributed by atoms with Gasteiger partial charge in [-0.2, -0.15) is 5.10 Å². The number of hydrogen-bond acceptors (Lipinski definition) is 4. The van der Waals surface area contributed by atoms with Crippen LogP contribution in [0, 0.1) is 6.92 Å². The standard InChI is InChI=1S/C11H12N4O/c1-8-3-2-4-10(14-8)7-15-11(16)5-9(12)6-13-15/h2-6H,7,12H2,1H3. The van der Waals surface area contributed by atoms with E-state index < -0.39 is 0 Å². The Kier molecular flexibility index (Phi) is 2.68. The van der Waals surface area contributed by atoms with E-state index in [9.17, 15) is 4.79 Å². The molecule has 0 spiro atoms. The molecular formula is C11H12N4O. The summed E-state index contributed by atoms with van der Waals surface area (Å²) in [5.41, 5.74) is 7.33. The first kappa shape index (κ1) is 10.4. The van der Waals surface area contributed by atoms with Gasteiger partial charge in [-0.3, -0.25) is 9.78 Å². The van der Waals surface area contributed by atoms with Crippen LogP contribution < -0.4 is 11.3 Å². The molecule has 0 fully saturated rings. The highest BCUT2D eigenvalue weighted by atomic mass is 16.1. The molecule has 16 heavy (non-hydrogen) atoms. The summed E-state index contributed by atoms with van der Waals surface area (Å²) in [7, 11) is 0. The molecule has 2 aromatic rings. The van der Waals surface area contributed by atoms with E-state index in [-0.39, 0.29) is 5.56 Å². The predicted molar refractivity (Wildman–Crippen MR) is 61.0 cm³/mol. The van der Waals surface area contributed by atoms with Crippen molar-refractivity contribution < 1.29 is 0 Å². The third kappa shape index (κ3) is 2.25. The van der Waals surface area contributed by atoms with Crippen molar-refractivity contribution in [3.05, 3.63) is 52.2 Å². The van der Waals surface area contributed by atoms with Crippen molar-refractivity contribution in [2.75, 3.05) is 5.73 Å². The van der Waals surface area contributed by atoms with Crippen LogP contribution >= 0.6 is 0 Å². The van der Waals surface area contributed by atoms with E-state index in [0.717, 1.165) is 11.4 Å². The first-order valence-electron chi connectivity index (χ1n) is 4.90. The maximum atomic E-state index is 11.5. The van der Waals surface area contributed by atoms with E-state index in [1.165, 1.54) is 16.9 Å². The average molecular weight is 216 g/mol. The number of nitrogen functional groups attached to an aromatic ring is 1. The zero-order chi connectivity index (χ0) is 11.5. The lowest BCUT2D eigenvalue weighted by Crippen LogP contribution is -2.23. The summed E-state index contributed by atoms with van der Waals surface area (Å²) in [6.07, 6.45) is 1.46. The fraction of sp³-hybridized carbons (Fsp3) is 0.182. The van der Waals surface area contributed by atoms with Gasteiger partial charge in [-0.25, -0.2) is 4.68 Å². The predicted octanol–water partition coefficient (Wildman–Crippen LogP) is 0.577. The molecule has 0 amide bonds. The fourth-order valence-electron chi connectivity index (χ4n) is 1.41. The first-order chi connectivity index (χ1) is 7.65. The minimum atomic E-state index is -0.219. The Morgan fingerprint density at radius 2 is 2.25 bits per heavy atom. The molecule has 2 aromatic heterocycles. The molecule has 0 radical (unpaired) electrons. The molecule has 5 heteroatoms. The number of rotatable bonds is 2. The summed E-state index contributed by atoms with van der Waals surface area (Å²) in [5.74, 6) is 0. The average Bonchev–Trinajstić information content (AvgIpc) is 2.22. The van der Waals surface area contributed by atoms with E-state index in [2.05, 4.69) is 10.1 Å². The smallest absolute Gasteiger partial charge is 0.269 e. The maximum Gasteiger partial charge on any atom is 0.269 e. The Bertz CT molecular complexity index is 562. The van der Waals surface area contributed by atoms with E-state index in [1.54, 1.807) is 0 Å². The molecule has 0 saturated heterocycles. The van der Waals surface area contributed by atoms with Gasteiger partial charge >= 0.3 is 0 Å². The van der Waals surface area contributed by atoms with Crippen LogP contribution in [-0.2, 0) is 6.54 Å². The van der Waals surface area contributed by atoms with Gasteiger partial charge in [0.1, 0.15) is 0 Å². The summed E-state index contributed by atoms with van der Waals surface area (Å²) in [4.78, 5) is 15.8. The summed E-state index contributed by atoms with van der Waals surface area (Å²) in [6, 6.07) is 7.02. The van der Waals surface area contributed by atoms with Crippen LogP contribution in [0.3, 0.4) is 0 Å². The van der Waals surface area contributed by atoms with E-state index in [4.69, 9.17) is 5.73 Å². The Labute approximate surface area is 92.6 Å². The lowest BCUT2D eigenvalue weighted by atomic mass is 10.3. The Morgan fingerprint density at radius 3 is 2.94 bits per heavy atom. The van der Waals surface area contributed by atoms with Crippen molar-refractivity contribution in [3.8, 4) is 0 Å². The van der Waals surface area contributed by atoms with Gasteiger partial charge in [0.25, 0.3) is 5.56 Å². The van der Waals surface area contributed by atoms with Crippen LogP contribution in [0.1, 0.15) is 11.4 Å². The molecule has 0 bridgehead atoms. The number of hydrogen-bond donors (Lipinski definition) is 1. The van der Waals surface area contributed by atoms with Gasteiger partial charge in [-0.05, 0) is 19.1 Å². The summed E-state index contributed by atoms with van der Waals surface area (Å²) in [5, 5.41) is 3.94. The zero-order valence-corrected chi connectivity index (χ0v) is 8.92. The van der Waals surface area contributed by atoms with Gasteiger partial charge in [0.2, 0.25) is 0 Å². The van der Waals surface area contributed by atoms with E-state index >= 15 is 0 Å². The normalized spacial score (nSPS) is 10.3. The highest BCUT2D eigenvalue weighted by Crippen LogP contribution is 1.99. The van der Waals surface area contributed by atoms with Gasteiger partial charge in [0.05, 0.1) is 24.1 Å². The third-order valence-corrected chi connectivity index (χ3v) is 2.15. The summed E-state index contributed by atoms with van der Waals surface area (Å²) >= 11 is 0. The SMILES string of the molecule is Cc1cccc(Cn2ncc(N)cc2=O)n1. The maximum absolute atomic E-state index is 11.5. The number of aromatic nitrogens is 3. The minimum Gasteiger partial charge on any atom is -0.397 e.